The minimum absolute atomic E-state index is 0.493. The second-order valence-corrected chi connectivity index (χ2v) is 6.83. The predicted octanol–water partition coefficient (Wildman–Crippen LogP) is 6.08. The van der Waals surface area contributed by atoms with E-state index in [1.807, 2.05) is 0 Å². The standard InChI is InChI=1S/C19H34O/c1-4-9-17-11-6-7-12-18(17)14-15-19(20)13-8-5-10-16(2)3/h17-18H,2,4-15H2,1,3H3. The number of rotatable bonds is 10. The Hall–Kier alpha value is -0.590. The third-order valence-electron chi connectivity index (χ3n) is 4.83. The number of hydrogen-bond donors (Lipinski definition) is 0. The summed E-state index contributed by atoms with van der Waals surface area (Å²) in [7, 11) is 0. The molecule has 0 bridgehead atoms. The van der Waals surface area contributed by atoms with Gasteiger partial charge in [-0.15, -0.1) is 6.58 Å². The highest BCUT2D eigenvalue weighted by Gasteiger charge is 2.24. The van der Waals surface area contributed by atoms with E-state index in [1.165, 1.54) is 44.1 Å². The molecule has 0 aromatic carbocycles. The monoisotopic (exact) mass is 278 g/mol. The number of ketones is 1. The average molecular weight is 278 g/mol. The highest BCUT2D eigenvalue weighted by molar-refractivity contribution is 5.78. The molecular weight excluding hydrogens is 244 g/mol. The number of carbonyl (C=O) groups excluding carboxylic acids is 1. The Bertz CT molecular complexity index is 290. The Morgan fingerprint density at radius 1 is 1.00 bits per heavy atom. The molecule has 0 aromatic heterocycles. The number of carbonyl (C=O) groups is 1. The van der Waals surface area contributed by atoms with Crippen molar-refractivity contribution in [3.05, 3.63) is 12.2 Å². The molecule has 0 N–H and O–H groups in total. The quantitative estimate of drug-likeness (QED) is 0.349. The summed E-state index contributed by atoms with van der Waals surface area (Å²) < 4.78 is 0. The van der Waals surface area contributed by atoms with E-state index in [0.717, 1.165) is 50.4 Å². The maximum absolute atomic E-state index is 12.0. The third kappa shape index (κ3) is 7.26. The first-order valence-electron chi connectivity index (χ1n) is 8.79. The second kappa shape index (κ2) is 10.2. The maximum Gasteiger partial charge on any atom is 0.132 e. The third-order valence-corrected chi connectivity index (χ3v) is 4.83. The van der Waals surface area contributed by atoms with Crippen molar-refractivity contribution in [1.29, 1.82) is 0 Å². The van der Waals surface area contributed by atoms with E-state index in [4.69, 9.17) is 0 Å². The largest absolute Gasteiger partial charge is 0.300 e. The molecule has 0 radical (unpaired) electrons. The fraction of sp³-hybridized carbons (Fsp3) is 0.842. The molecule has 0 spiro atoms. The summed E-state index contributed by atoms with van der Waals surface area (Å²) in [5.74, 6) is 2.24. The predicted molar refractivity (Wildman–Crippen MR) is 87.9 cm³/mol. The molecule has 1 aliphatic carbocycles. The molecule has 1 nitrogen and oxygen atoms in total. The van der Waals surface area contributed by atoms with Gasteiger partial charge < -0.3 is 0 Å². The van der Waals surface area contributed by atoms with E-state index >= 15 is 0 Å². The van der Waals surface area contributed by atoms with Crippen LogP contribution < -0.4 is 0 Å². The first-order valence-corrected chi connectivity index (χ1v) is 8.79. The molecule has 1 saturated carbocycles. The number of hydrogen-bond acceptors (Lipinski definition) is 1. The summed E-state index contributed by atoms with van der Waals surface area (Å²) >= 11 is 0. The van der Waals surface area contributed by atoms with E-state index in [2.05, 4.69) is 20.4 Å². The summed E-state index contributed by atoms with van der Waals surface area (Å²) in [4.78, 5) is 12.0. The zero-order valence-corrected chi connectivity index (χ0v) is 13.8. The minimum Gasteiger partial charge on any atom is -0.300 e. The van der Waals surface area contributed by atoms with Crippen LogP contribution in [0.4, 0.5) is 0 Å². The summed E-state index contributed by atoms with van der Waals surface area (Å²) in [5.41, 5.74) is 1.24. The van der Waals surface area contributed by atoms with E-state index in [1.54, 1.807) is 0 Å². The molecule has 0 saturated heterocycles. The van der Waals surface area contributed by atoms with Gasteiger partial charge in [-0.3, -0.25) is 4.79 Å². The fourth-order valence-electron chi connectivity index (χ4n) is 3.64. The van der Waals surface area contributed by atoms with Gasteiger partial charge in [0.2, 0.25) is 0 Å². The van der Waals surface area contributed by atoms with Gasteiger partial charge in [-0.2, -0.15) is 0 Å². The fourth-order valence-corrected chi connectivity index (χ4v) is 3.64. The lowest BCUT2D eigenvalue weighted by Crippen LogP contribution is -2.20. The molecular formula is C19H34O. The van der Waals surface area contributed by atoms with Crippen molar-refractivity contribution in [1.82, 2.24) is 0 Å². The van der Waals surface area contributed by atoms with Crippen LogP contribution in [0.25, 0.3) is 0 Å². The molecule has 1 heteroatoms. The Labute approximate surface area is 126 Å². The molecule has 20 heavy (non-hydrogen) atoms. The van der Waals surface area contributed by atoms with Crippen LogP contribution in [0.1, 0.15) is 90.9 Å². The van der Waals surface area contributed by atoms with Gasteiger partial charge in [-0.05, 0) is 44.4 Å². The summed E-state index contributed by atoms with van der Waals surface area (Å²) in [6.07, 6.45) is 14.3. The smallest absolute Gasteiger partial charge is 0.132 e. The molecule has 0 heterocycles. The summed E-state index contributed by atoms with van der Waals surface area (Å²) in [6, 6.07) is 0. The van der Waals surface area contributed by atoms with Gasteiger partial charge in [-0.25, -0.2) is 0 Å². The van der Waals surface area contributed by atoms with Gasteiger partial charge in [0.25, 0.3) is 0 Å². The maximum atomic E-state index is 12.0. The number of Topliss-reactive ketones (excluding diaryl/α,β-unsaturated/α-hetero) is 1. The van der Waals surface area contributed by atoms with Crippen LogP contribution in [0.3, 0.4) is 0 Å². The van der Waals surface area contributed by atoms with Crippen LogP contribution >= 0.6 is 0 Å². The lowest BCUT2D eigenvalue weighted by atomic mass is 9.74. The lowest BCUT2D eigenvalue weighted by Gasteiger charge is -2.31. The van der Waals surface area contributed by atoms with Gasteiger partial charge in [-0.1, -0.05) is 51.0 Å². The summed E-state index contributed by atoms with van der Waals surface area (Å²) in [5, 5.41) is 0. The van der Waals surface area contributed by atoms with Crippen LogP contribution in [0.5, 0.6) is 0 Å². The van der Waals surface area contributed by atoms with Crippen LogP contribution in [0.2, 0.25) is 0 Å². The molecule has 0 amide bonds. The normalized spacial score (nSPS) is 22.7. The van der Waals surface area contributed by atoms with Crippen molar-refractivity contribution in [3.8, 4) is 0 Å². The number of unbranched alkanes of at least 4 members (excludes halogenated alkanes) is 1. The Morgan fingerprint density at radius 2 is 1.60 bits per heavy atom. The second-order valence-electron chi connectivity index (χ2n) is 6.83. The van der Waals surface area contributed by atoms with Crippen molar-refractivity contribution in [2.75, 3.05) is 0 Å². The highest BCUT2D eigenvalue weighted by atomic mass is 16.1. The zero-order chi connectivity index (χ0) is 14.8. The average Bonchev–Trinajstić information content (AvgIpc) is 2.43. The lowest BCUT2D eigenvalue weighted by molar-refractivity contribution is -0.119. The molecule has 0 aromatic rings. The SMILES string of the molecule is C=C(C)CCCCC(=O)CCC1CCCCC1CCC. The minimum atomic E-state index is 0.493. The van der Waals surface area contributed by atoms with Crippen LogP contribution in [0, 0.1) is 11.8 Å². The van der Waals surface area contributed by atoms with Gasteiger partial charge in [0.1, 0.15) is 5.78 Å². The first kappa shape index (κ1) is 17.5. The molecule has 2 atom stereocenters. The van der Waals surface area contributed by atoms with Gasteiger partial charge >= 0.3 is 0 Å². The van der Waals surface area contributed by atoms with Crippen molar-refractivity contribution < 1.29 is 4.79 Å². The van der Waals surface area contributed by atoms with Gasteiger partial charge in [0.15, 0.2) is 0 Å². The molecule has 1 aliphatic rings. The Balaban J connectivity index is 2.16. The van der Waals surface area contributed by atoms with Crippen LogP contribution in [-0.4, -0.2) is 5.78 Å². The van der Waals surface area contributed by atoms with Crippen molar-refractivity contribution >= 4 is 5.78 Å². The summed E-state index contributed by atoms with van der Waals surface area (Å²) in [6.45, 7) is 8.27. The number of allylic oxidation sites excluding steroid dienone is 1. The van der Waals surface area contributed by atoms with E-state index in [-0.39, 0.29) is 0 Å². The Morgan fingerprint density at radius 3 is 2.20 bits per heavy atom. The van der Waals surface area contributed by atoms with Gasteiger partial charge in [0.05, 0.1) is 0 Å². The molecule has 1 rings (SSSR count). The van der Waals surface area contributed by atoms with E-state index in [9.17, 15) is 4.79 Å². The molecule has 2 unspecified atom stereocenters. The van der Waals surface area contributed by atoms with Crippen molar-refractivity contribution in [2.45, 2.75) is 90.9 Å². The van der Waals surface area contributed by atoms with Crippen LogP contribution in [0.15, 0.2) is 12.2 Å². The van der Waals surface area contributed by atoms with Crippen LogP contribution in [-0.2, 0) is 4.79 Å². The van der Waals surface area contributed by atoms with Gasteiger partial charge in [0, 0.05) is 12.8 Å². The molecule has 0 aliphatic heterocycles. The van der Waals surface area contributed by atoms with Crippen molar-refractivity contribution in [3.63, 3.8) is 0 Å². The van der Waals surface area contributed by atoms with E-state index < -0.39 is 0 Å². The highest BCUT2D eigenvalue weighted by Crippen LogP contribution is 2.36. The first-order chi connectivity index (χ1) is 9.63. The zero-order valence-electron chi connectivity index (χ0n) is 13.8. The molecule has 1 fully saturated rings. The Kier molecular flexibility index (Phi) is 8.89. The van der Waals surface area contributed by atoms with E-state index in [0.29, 0.717) is 5.78 Å². The topological polar surface area (TPSA) is 17.1 Å². The van der Waals surface area contributed by atoms with Crippen molar-refractivity contribution in [2.24, 2.45) is 11.8 Å². The molecule has 116 valence electrons.